The largest absolute Gasteiger partial charge is 0.280 e. The lowest BCUT2D eigenvalue weighted by molar-refractivity contribution is 0.587. The van der Waals surface area contributed by atoms with Gasteiger partial charge in [0.05, 0.1) is 10.6 Å². The summed E-state index contributed by atoms with van der Waals surface area (Å²) in [5.74, 6) is 0. The highest BCUT2D eigenvalue weighted by Crippen LogP contribution is 2.30. The highest BCUT2D eigenvalue weighted by atomic mass is 35.5. The van der Waals surface area contributed by atoms with Crippen LogP contribution in [0.5, 0.6) is 0 Å². The highest BCUT2D eigenvalue weighted by Gasteiger charge is 2.18. The molecule has 0 fully saturated rings. The monoisotopic (exact) mass is 371 g/mol. The van der Waals surface area contributed by atoms with Crippen LogP contribution in [0, 0.1) is 6.92 Å². The van der Waals surface area contributed by atoms with Gasteiger partial charge < -0.3 is 0 Å². The van der Waals surface area contributed by atoms with Crippen LogP contribution in [-0.4, -0.2) is 8.42 Å². The van der Waals surface area contributed by atoms with Gasteiger partial charge in [-0.1, -0.05) is 56.1 Å². The molecule has 1 N–H and O–H groups in total. The molecule has 124 valence electrons. The smallest absolute Gasteiger partial charge is 0.261 e. The lowest BCUT2D eigenvalue weighted by Crippen LogP contribution is -2.15. The van der Waals surface area contributed by atoms with Gasteiger partial charge in [-0.25, -0.2) is 8.42 Å². The number of sulfonamides is 1. The summed E-state index contributed by atoms with van der Waals surface area (Å²) >= 11 is 12.1. The van der Waals surface area contributed by atoms with Gasteiger partial charge >= 0.3 is 0 Å². The molecule has 2 rings (SSSR count). The van der Waals surface area contributed by atoms with E-state index in [1.807, 2.05) is 12.1 Å². The van der Waals surface area contributed by atoms with Gasteiger partial charge in [0.2, 0.25) is 0 Å². The first kappa shape index (κ1) is 18.1. The van der Waals surface area contributed by atoms with Crippen molar-refractivity contribution in [3.8, 4) is 0 Å². The zero-order valence-corrected chi connectivity index (χ0v) is 15.8. The van der Waals surface area contributed by atoms with Crippen LogP contribution in [0.1, 0.15) is 31.9 Å². The van der Waals surface area contributed by atoms with Gasteiger partial charge in [0.1, 0.15) is 0 Å². The third-order valence-electron chi connectivity index (χ3n) is 3.56. The van der Waals surface area contributed by atoms with Gasteiger partial charge in [0.15, 0.2) is 0 Å². The molecule has 0 unspecified atom stereocenters. The lowest BCUT2D eigenvalue weighted by Gasteiger charge is -2.19. The Bertz CT molecular complexity index is 800. The van der Waals surface area contributed by atoms with Gasteiger partial charge in [0.25, 0.3) is 10.0 Å². The van der Waals surface area contributed by atoms with Crippen LogP contribution in [0.4, 0.5) is 5.69 Å². The van der Waals surface area contributed by atoms with Crippen LogP contribution < -0.4 is 4.72 Å². The quantitative estimate of drug-likeness (QED) is 0.784. The maximum atomic E-state index is 12.5. The fraction of sp³-hybridized carbons (Fsp3) is 0.294. The van der Waals surface area contributed by atoms with Crippen LogP contribution in [0.15, 0.2) is 41.3 Å². The Morgan fingerprint density at radius 2 is 1.43 bits per heavy atom. The summed E-state index contributed by atoms with van der Waals surface area (Å²) in [7, 11) is -3.69. The third kappa shape index (κ3) is 4.19. The van der Waals surface area contributed by atoms with Crippen molar-refractivity contribution in [3.05, 3.63) is 57.6 Å². The van der Waals surface area contributed by atoms with E-state index < -0.39 is 10.0 Å². The third-order valence-corrected chi connectivity index (χ3v) is 5.75. The van der Waals surface area contributed by atoms with Crippen molar-refractivity contribution < 1.29 is 8.42 Å². The molecule has 0 heterocycles. The molecule has 0 aliphatic heterocycles. The molecule has 6 heteroatoms. The predicted molar refractivity (Wildman–Crippen MR) is 97.1 cm³/mol. The molecule has 0 saturated carbocycles. The molecule has 0 spiro atoms. The van der Waals surface area contributed by atoms with Crippen molar-refractivity contribution >= 4 is 38.9 Å². The zero-order chi connectivity index (χ0) is 17.4. The Morgan fingerprint density at radius 3 is 1.87 bits per heavy atom. The topological polar surface area (TPSA) is 46.2 Å². The molecule has 0 bridgehead atoms. The summed E-state index contributed by atoms with van der Waals surface area (Å²) in [6.07, 6.45) is 0. The lowest BCUT2D eigenvalue weighted by atomic mass is 9.87. The second-order valence-electron chi connectivity index (χ2n) is 6.44. The minimum Gasteiger partial charge on any atom is -0.280 e. The fourth-order valence-corrected chi connectivity index (χ4v) is 3.58. The molecule has 0 radical (unpaired) electrons. The van der Waals surface area contributed by atoms with E-state index >= 15 is 0 Å². The van der Waals surface area contributed by atoms with E-state index in [-0.39, 0.29) is 10.3 Å². The van der Waals surface area contributed by atoms with E-state index in [0.717, 1.165) is 5.56 Å². The molecule has 0 aliphatic carbocycles. The van der Waals surface area contributed by atoms with Gasteiger partial charge in [-0.3, -0.25) is 4.72 Å². The number of anilines is 1. The average Bonchev–Trinajstić information content (AvgIpc) is 2.43. The molecule has 2 aromatic carbocycles. The summed E-state index contributed by atoms with van der Waals surface area (Å²) in [6, 6.07) is 9.93. The minimum atomic E-state index is -3.69. The predicted octanol–water partition coefficient (Wildman–Crippen LogP) is 5.40. The second-order valence-corrected chi connectivity index (χ2v) is 8.94. The summed E-state index contributed by atoms with van der Waals surface area (Å²) in [5.41, 5.74) is 2.09. The molecule has 0 aliphatic rings. The van der Waals surface area contributed by atoms with E-state index in [1.54, 1.807) is 31.2 Å². The van der Waals surface area contributed by atoms with Gasteiger partial charge in [-0.05, 0) is 47.7 Å². The van der Waals surface area contributed by atoms with Crippen molar-refractivity contribution in [1.29, 1.82) is 0 Å². The molecule has 3 nitrogen and oxygen atoms in total. The molecule has 0 atom stereocenters. The Morgan fingerprint density at radius 1 is 0.957 bits per heavy atom. The first-order valence-electron chi connectivity index (χ1n) is 7.10. The maximum Gasteiger partial charge on any atom is 0.261 e. The summed E-state index contributed by atoms with van der Waals surface area (Å²) in [6.45, 7) is 8.00. The molecule has 0 amide bonds. The van der Waals surface area contributed by atoms with E-state index in [1.165, 1.54) is 0 Å². The number of rotatable bonds is 3. The Balaban J connectivity index is 2.32. The Kier molecular flexibility index (Phi) is 5.00. The van der Waals surface area contributed by atoms with E-state index in [2.05, 4.69) is 25.5 Å². The van der Waals surface area contributed by atoms with Gasteiger partial charge in [0, 0.05) is 10.0 Å². The molecular formula is C17H19Cl2NO2S. The van der Waals surface area contributed by atoms with E-state index in [0.29, 0.717) is 21.3 Å². The minimum absolute atomic E-state index is 0.0340. The second kappa shape index (κ2) is 6.34. The van der Waals surface area contributed by atoms with Crippen LogP contribution in [0.25, 0.3) is 0 Å². The summed E-state index contributed by atoms with van der Waals surface area (Å²) in [5, 5.41) is 0.830. The first-order valence-corrected chi connectivity index (χ1v) is 9.33. The van der Waals surface area contributed by atoms with Crippen LogP contribution >= 0.6 is 23.2 Å². The van der Waals surface area contributed by atoms with Gasteiger partial charge in [-0.15, -0.1) is 0 Å². The fourth-order valence-electron chi connectivity index (χ4n) is 2.05. The van der Waals surface area contributed by atoms with Crippen molar-refractivity contribution in [2.75, 3.05) is 4.72 Å². The van der Waals surface area contributed by atoms with Crippen molar-refractivity contribution in [2.45, 2.75) is 38.0 Å². The molecule has 0 aromatic heterocycles. The molecule has 2 aromatic rings. The van der Waals surface area contributed by atoms with Crippen LogP contribution in [0.2, 0.25) is 10.0 Å². The maximum absolute atomic E-state index is 12.5. The summed E-state index contributed by atoms with van der Waals surface area (Å²) in [4.78, 5) is 0.193. The Labute approximate surface area is 147 Å². The standard InChI is InChI=1S/C17H19Cl2NO2S/c1-11-15(18)9-13(10-16(11)19)20-23(21,22)14-7-5-12(6-8-14)17(2,3)4/h5-10,20H,1-4H3. The number of benzene rings is 2. The summed E-state index contributed by atoms with van der Waals surface area (Å²) < 4.78 is 27.5. The number of nitrogens with one attached hydrogen (secondary N) is 1. The SMILES string of the molecule is Cc1c(Cl)cc(NS(=O)(=O)c2ccc(C(C)(C)C)cc2)cc1Cl. The van der Waals surface area contributed by atoms with Crippen LogP contribution in [0.3, 0.4) is 0 Å². The van der Waals surface area contributed by atoms with Crippen LogP contribution in [-0.2, 0) is 15.4 Å². The zero-order valence-electron chi connectivity index (χ0n) is 13.4. The molecule has 0 saturated heterocycles. The van der Waals surface area contributed by atoms with Gasteiger partial charge in [-0.2, -0.15) is 0 Å². The van der Waals surface area contributed by atoms with Crippen molar-refractivity contribution in [3.63, 3.8) is 0 Å². The number of hydrogen-bond acceptors (Lipinski definition) is 2. The average molecular weight is 372 g/mol. The number of halogens is 2. The molecule has 23 heavy (non-hydrogen) atoms. The van der Waals surface area contributed by atoms with E-state index in [4.69, 9.17) is 23.2 Å². The Hall–Kier alpha value is -1.23. The normalized spacial score (nSPS) is 12.3. The highest BCUT2D eigenvalue weighted by molar-refractivity contribution is 7.92. The van der Waals surface area contributed by atoms with Crippen molar-refractivity contribution in [1.82, 2.24) is 0 Å². The first-order chi connectivity index (χ1) is 10.5. The molecular weight excluding hydrogens is 353 g/mol. The number of hydrogen-bond donors (Lipinski definition) is 1. The van der Waals surface area contributed by atoms with E-state index in [9.17, 15) is 8.42 Å². The van der Waals surface area contributed by atoms with Crippen molar-refractivity contribution in [2.24, 2.45) is 0 Å².